The third kappa shape index (κ3) is 6.60. The van der Waals surface area contributed by atoms with Crippen LogP contribution in [-0.4, -0.2) is 38.5 Å². The molecule has 1 heterocycles. The zero-order chi connectivity index (χ0) is 24.0. The second-order valence-corrected chi connectivity index (χ2v) is 8.96. The number of anilines is 1. The summed E-state index contributed by atoms with van der Waals surface area (Å²) in [6.07, 6.45) is 1.49. The molecule has 0 aliphatic carbocycles. The third-order valence-electron chi connectivity index (χ3n) is 4.26. The summed E-state index contributed by atoms with van der Waals surface area (Å²) in [6.45, 7) is 7.79. The van der Waals surface area contributed by atoms with Gasteiger partial charge in [0.25, 0.3) is 0 Å². The van der Waals surface area contributed by atoms with Gasteiger partial charge in [0.1, 0.15) is 0 Å². The predicted octanol–water partition coefficient (Wildman–Crippen LogP) is 5.73. The number of benzene rings is 2. The molecule has 0 saturated heterocycles. The van der Waals surface area contributed by atoms with Crippen LogP contribution in [0, 0.1) is 0 Å². The molecule has 0 aliphatic rings. The first kappa shape index (κ1) is 24.8. The number of carbonyl (C=O) groups excluding carboxylic acids is 2. The maximum absolute atomic E-state index is 12.5. The van der Waals surface area contributed by atoms with Crippen molar-refractivity contribution < 1.29 is 14.3 Å². The van der Waals surface area contributed by atoms with E-state index in [4.69, 9.17) is 27.9 Å². The number of halogens is 2. The topological polar surface area (TPSA) is 86.1 Å². The number of thioether (sulfide) groups is 1. The van der Waals surface area contributed by atoms with Gasteiger partial charge in [0, 0.05) is 17.8 Å². The molecule has 0 saturated carbocycles. The van der Waals surface area contributed by atoms with Crippen LogP contribution in [0.3, 0.4) is 0 Å². The van der Waals surface area contributed by atoms with E-state index in [0.29, 0.717) is 38.8 Å². The minimum absolute atomic E-state index is 0.0946. The first-order valence-electron chi connectivity index (χ1n) is 10.0. The van der Waals surface area contributed by atoms with Gasteiger partial charge in [0.15, 0.2) is 11.0 Å². The summed E-state index contributed by atoms with van der Waals surface area (Å²) in [7, 11) is 0. The van der Waals surface area contributed by atoms with Crippen LogP contribution in [0.4, 0.5) is 5.69 Å². The van der Waals surface area contributed by atoms with Gasteiger partial charge in [-0.15, -0.1) is 16.8 Å². The van der Waals surface area contributed by atoms with Crippen LogP contribution in [0.25, 0.3) is 11.4 Å². The molecule has 33 heavy (non-hydrogen) atoms. The van der Waals surface area contributed by atoms with E-state index in [0.717, 1.165) is 5.56 Å². The van der Waals surface area contributed by atoms with Crippen molar-refractivity contribution in [3.63, 3.8) is 0 Å². The average Bonchev–Trinajstić information content (AvgIpc) is 3.17. The SMILES string of the molecule is C=CCn1c(SCC(=O)Nc2cccc(C(=O)OC(C)C)c2)nnc1-c1ccc(Cl)c(Cl)c1. The van der Waals surface area contributed by atoms with Crippen LogP contribution in [-0.2, 0) is 16.1 Å². The van der Waals surface area contributed by atoms with Crippen molar-refractivity contribution in [2.75, 3.05) is 11.1 Å². The van der Waals surface area contributed by atoms with Gasteiger partial charge in [0.2, 0.25) is 5.91 Å². The minimum atomic E-state index is -0.442. The Bertz CT molecular complexity index is 1180. The molecule has 0 atom stereocenters. The van der Waals surface area contributed by atoms with Crippen molar-refractivity contribution >= 4 is 52.5 Å². The Balaban J connectivity index is 1.69. The lowest BCUT2D eigenvalue weighted by Crippen LogP contribution is -2.16. The monoisotopic (exact) mass is 504 g/mol. The number of aromatic nitrogens is 3. The van der Waals surface area contributed by atoms with E-state index in [1.807, 2.05) is 4.57 Å². The standard InChI is InChI=1S/C23H22Cl2N4O3S/c1-4-10-29-21(15-8-9-18(24)19(25)12-15)27-28-23(29)33-13-20(30)26-17-7-5-6-16(11-17)22(31)32-14(2)3/h4-9,11-12,14H,1,10,13H2,2-3H3,(H,26,30). The lowest BCUT2D eigenvalue weighted by atomic mass is 10.2. The number of hydrogen-bond acceptors (Lipinski definition) is 6. The van der Waals surface area contributed by atoms with Crippen LogP contribution in [0.5, 0.6) is 0 Å². The van der Waals surface area contributed by atoms with Gasteiger partial charge >= 0.3 is 5.97 Å². The van der Waals surface area contributed by atoms with Crippen molar-refractivity contribution in [1.82, 2.24) is 14.8 Å². The van der Waals surface area contributed by atoms with E-state index in [-0.39, 0.29) is 17.8 Å². The summed E-state index contributed by atoms with van der Waals surface area (Å²) < 4.78 is 7.03. The largest absolute Gasteiger partial charge is 0.459 e. The van der Waals surface area contributed by atoms with Gasteiger partial charge in [-0.1, -0.05) is 47.1 Å². The summed E-state index contributed by atoms with van der Waals surface area (Å²) in [5, 5.41) is 12.7. The van der Waals surface area contributed by atoms with Crippen LogP contribution < -0.4 is 5.32 Å². The van der Waals surface area contributed by atoms with Crippen LogP contribution in [0.15, 0.2) is 60.3 Å². The number of hydrogen-bond donors (Lipinski definition) is 1. The molecule has 0 bridgehead atoms. The van der Waals surface area contributed by atoms with E-state index >= 15 is 0 Å². The molecule has 172 valence electrons. The van der Waals surface area contributed by atoms with Gasteiger partial charge < -0.3 is 10.1 Å². The summed E-state index contributed by atoms with van der Waals surface area (Å²) in [5.74, 6) is -0.00804. The van der Waals surface area contributed by atoms with Crippen molar-refractivity contribution in [3.8, 4) is 11.4 Å². The fourth-order valence-electron chi connectivity index (χ4n) is 2.87. The lowest BCUT2D eigenvalue weighted by Gasteiger charge is -2.10. The molecule has 0 radical (unpaired) electrons. The van der Waals surface area contributed by atoms with Gasteiger partial charge in [0.05, 0.1) is 27.5 Å². The first-order valence-corrected chi connectivity index (χ1v) is 11.8. The van der Waals surface area contributed by atoms with Gasteiger partial charge in [-0.3, -0.25) is 9.36 Å². The van der Waals surface area contributed by atoms with Gasteiger partial charge in [-0.05, 0) is 50.2 Å². The minimum Gasteiger partial charge on any atom is -0.459 e. The number of allylic oxidation sites excluding steroid dienone is 1. The quantitative estimate of drug-likeness (QED) is 0.227. The zero-order valence-corrected chi connectivity index (χ0v) is 20.4. The van der Waals surface area contributed by atoms with Crippen molar-refractivity contribution in [2.24, 2.45) is 0 Å². The molecular formula is C23H22Cl2N4O3S. The molecule has 1 aromatic heterocycles. The molecule has 2 aromatic carbocycles. The van der Waals surface area contributed by atoms with Gasteiger partial charge in [-0.25, -0.2) is 4.79 Å². The molecule has 3 aromatic rings. The smallest absolute Gasteiger partial charge is 0.338 e. The Hall–Kier alpha value is -2.81. The second kappa shape index (κ2) is 11.4. The zero-order valence-electron chi connectivity index (χ0n) is 18.0. The Kier molecular flexibility index (Phi) is 8.55. The normalized spacial score (nSPS) is 10.8. The van der Waals surface area contributed by atoms with E-state index in [1.54, 1.807) is 62.4 Å². The molecule has 1 N–H and O–H groups in total. The number of carbonyl (C=O) groups is 2. The van der Waals surface area contributed by atoms with Crippen LogP contribution >= 0.6 is 35.0 Å². The maximum atomic E-state index is 12.5. The summed E-state index contributed by atoms with van der Waals surface area (Å²) >= 11 is 13.4. The van der Waals surface area contributed by atoms with E-state index in [9.17, 15) is 9.59 Å². The van der Waals surface area contributed by atoms with Crippen molar-refractivity contribution in [2.45, 2.75) is 31.7 Å². The molecule has 3 rings (SSSR count). The number of amides is 1. The Morgan fingerprint density at radius 3 is 2.67 bits per heavy atom. The molecule has 7 nitrogen and oxygen atoms in total. The van der Waals surface area contributed by atoms with Gasteiger partial charge in [-0.2, -0.15) is 0 Å². The lowest BCUT2D eigenvalue weighted by molar-refractivity contribution is -0.113. The summed E-state index contributed by atoms with van der Waals surface area (Å²) in [4.78, 5) is 24.6. The Labute approximate surface area is 206 Å². The number of esters is 1. The summed E-state index contributed by atoms with van der Waals surface area (Å²) in [5.41, 5.74) is 1.62. The molecule has 0 spiro atoms. The van der Waals surface area contributed by atoms with E-state index in [1.165, 1.54) is 11.8 Å². The molecular weight excluding hydrogens is 483 g/mol. The Morgan fingerprint density at radius 2 is 1.97 bits per heavy atom. The molecule has 1 amide bonds. The average molecular weight is 505 g/mol. The van der Waals surface area contributed by atoms with Crippen LogP contribution in [0.2, 0.25) is 10.0 Å². The number of nitrogens with one attached hydrogen (secondary N) is 1. The number of nitrogens with zero attached hydrogens (tertiary/aromatic N) is 3. The number of rotatable bonds is 9. The summed E-state index contributed by atoms with van der Waals surface area (Å²) in [6, 6.07) is 11.8. The van der Waals surface area contributed by atoms with E-state index in [2.05, 4.69) is 22.1 Å². The van der Waals surface area contributed by atoms with E-state index < -0.39 is 5.97 Å². The first-order chi connectivity index (χ1) is 15.8. The maximum Gasteiger partial charge on any atom is 0.338 e. The van der Waals surface area contributed by atoms with Crippen molar-refractivity contribution in [3.05, 3.63) is 70.7 Å². The highest BCUT2D eigenvalue weighted by atomic mass is 35.5. The number of ether oxygens (including phenoxy) is 1. The molecule has 0 unspecified atom stereocenters. The highest BCUT2D eigenvalue weighted by Gasteiger charge is 2.16. The fraction of sp³-hybridized carbons (Fsp3) is 0.217. The Morgan fingerprint density at radius 1 is 1.18 bits per heavy atom. The van der Waals surface area contributed by atoms with Crippen molar-refractivity contribution in [1.29, 1.82) is 0 Å². The second-order valence-electron chi connectivity index (χ2n) is 7.21. The highest BCUT2D eigenvalue weighted by molar-refractivity contribution is 7.99. The predicted molar refractivity (Wildman–Crippen MR) is 132 cm³/mol. The molecule has 0 aliphatic heterocycles. The highest BCUT2D eigenvalue weighted by Crippen LogP contribution is 2.30. The van der Waals surface area contributed by atoms with Crippen LogP contribution in [0.1, 0.15) is 24.2 Å². The molecule has 10 heteroatoms. The fourth-order valence-corrected chi connectivity index (χ4v) is 3.92. The third-order valence-corrected chi connectivity index (χ3v) is 5.97. The molecule has 0 fully saturated rings.